The van der Waals surface area contributed by atoms with Crippen LogP contribution in [0.25, 0.3) is 0 Å². The molecule has 2 aromatic carbocycles. The molecule has 1 aromatic heterocycles. The zero-order valence-corrected chi connectivity index (χ0v) is 19.1. The number of para-hydroxylation sites is 1. The van der Waals surface area contributed by atoms with Gasteiger partial charge in [0.2, 0.25) is 0 Å². The fourth-order valence-corrected chi connectivity index (χ4v) is 4.21. The molecule has 3 N–H and O–H groups in total. The molecule has 3 rings (SSSR count). The fraction of sp³-hybridized carbons (Fsp3) is 0.143. The normalized spacial score (nSPS) is 11.1. The molecule has 0 aliphatic heterocycles. The number of amides is 1. The van der Waals surface area contributed by atoms with Crippen LogP contribution in [0.15, 0.2) is 52.6 Å². The van der Waals surface area contributed by atoms with Crippen molar-refractivity contribution in [3.63, 3.8) is 0 Å². The van der Waals surface area contributed by atoms with Gasteiger partial charge in [0, 0.05) is 21.2 Å². The lowest BCUT2D eigenvalue weighted by atomic mass is 10.2. The van der Waals surface area contributed by atoms with Gasteiger partial charge in [-0.25, -0.2) is 5.43 Å². The van der Waals surface area contributed by atoms with E-state index in [1.54, 1.807) is 41.9 Å². The van der Waals surface area contributed by atoms with Crippen molar-refractivity contribution in [1.82, 2.24) is 15.2 Å². The largest absolute Gasteiger partial charge is 0.507 e. The maximum Gasteiger partial charge on any atom is 0.313 e. The number of phenols is 1. The molecule has 11 heteroatoms. The van der Waals surface area contributed by atoms with Gasteiger partial charge in [0.25, 0.3) is 5.91 Å². The molecular weight excluding hydrogens is 475 g/mol. The van der Waals surface area contributed by atoms with Crippen LogP contribution in [0, 0.1) is 6.92 Å². The van der Waals surface area contributed by atoms with Crippen molar-refractivity contribution in [2.24, 2.45) is 5.10 Å². The monoisotopic (exact) mass is 492 g/mol. The Kier molecular flexibility index (Phi) is 7.79. The Hall–Kier alpha value is -3.01. The van der Waals surface area contributed by atoms with Gasteiger partial charge >= 0.3 is 5.97 Å². The second-order valence-electron chi connectivity index (χ2n) is 6.56. The molecule has 0 spiro atoms. The van der Waals surface area contributed by atoms with E-state index in [0.717, 1.165) is 11.8 Å². The summed E-state index contributed by atoms with van der Waals surface area (Å²) < 4.78 is 1.60. The SMILES string of the molecule is Cc1nn(Cc2c(Cl)cccc2Cl)c(SCC(=O)O)c1C=NNC(=O)c1ccccc1O. The number of aromatic nitrogens is 2. The van der Waals surface area contributed by atoms with Crippen molar-refractivity contribution in [2.45, 2.75) is 18.5 Å². The van der Waals surface area contributed by atoms with Gasteiger partial charge in [0.05, 0.1) is 29.8 Å². The minimum Gasteiger partial charge on any atom is -0.507 e. The number of thioether (sulfide) groups is 1. The van der Waals surface area contributed by atoms with E-state index in [0.29, 0.717) is 31.9 Å². The van der Waals surface area contributed by atoms with E-state index < -0.39 is 11.9 Å². The summed E-state index contributed by atoms with van der Waals surface area (Å²) in [7, 11) is 0. The van der Waals surface area contributed by atoms with Crippen LogP contribution in [0.4, 0.5) is 0 Å². The van der Waals surface area contributed by atoms with Gasteiger partial charge in [-0.15, -0.1) is 0 Å². The minimum atomic E-state index is -0.994. The quantitative estimate of drug-likeness (QED) is 0.246. The van der Waals surface area contributed by atoms with Gasteiger partial charge in [0.15, 0.2) is 0 Å². The highest BCUT2D eigenvalue weighted by atomic mass is 35.5. The topological polar surface area (TPSA) is 117 Å². The zero-order chi connectivity index (χ0) is 23.3. The van der Waals surface area contributed by atoms with Gasteiger partial charge in [-0.2, -0.15) is 10.2 Å². The molecule has 0 unspecified atom stereocenters. The maximum atomic E-state index is 12.2. The van der Waals surface area contributed by atoms with Crippen LogP contribution < -0.4 is 5.43 Å². The van der Waals surface area contributed by atoms with Crippen LogP contribution in [-0.2, 0) is 11.3 Å². The highest BCUT2D eigenvalue weighted by Crippen LogP contribution is 2.29. The lowest BCUT2D eigenvalue weighted by Gasteiger charge is -2.10. The first-order chi connectivity index (χ1) is 15.3. The maximum absolute atomic E-state index is 12.2. The average molecular weight is 493 g/mol. The van der Waals surface area contributed by atoms with Crippen LogP contribution in [0.3, 0.4) is 0 Å². The third-order valence-electron chi connectivity index (χ3n) is 4.34. The van der Waals surface area contributed by atoms with Crippen molar-refractivity contribution >= 4 is 53.1 Å². The average Bonchev–Trinajstić information content (AvgIpc) is 3.03. The number of carboxylic acid groups (broad SMARTS) is 1. The molecule has 0 saturated heterocycles. The zero-order valence-electron chi connectivity index (χ0n) is 16.7. The second-order valence-corrected chi connectivity index (χ2v) is 8.34. The predicted molar refractivity (Wildman–Crippen MR) is 124 cm³/mol. The Morgan fingerprint density at radius 2 is 1.88 bits per heavy atom. The first kappa shape index (κ1) is 23.6. The number of hydrazone groups is 1. The van der Waals surface area contributed by atoms with Crippen molar-refractivity contribution in [3.05, 3.63) is 74.9 Å². The van der Waals surface area contributed by atoms with Crippen molar-refractivity contribution in [3.8, 4) is 5.75 Å². The smallest absolute Gasteiger partial charge is 0.313 e. The number of hydrogen-bond acceptors (Lipinski definition) is 6. The van der Waals surface area contributed by atoms with E-state index in [4.69, 9.17) is 28.3 Å². The standard InChI is InChI=1S/C21H18Cl2N4O4S/c1-12-14(9-24-25-20(31)13-5-2-3-8-18(13)28)21(32-11-19(29)30)27(26-12)10-15-16(22)6-4-7-17(15)23/h2-9,28H,10-11H2,1H3,(H,25,31)(H,29,30). The summed E-state index contributed by atoms with van der Waals surface area (Å²) in [5, 5.41) is 28.8. The van der Waals surface area contributed by atoms with Gasteiger partial charge in [-0.05, 0) is 31.2 Å². The number of aromatic hydroxyl groups is 1. The molecule has 3 aromatic rings. The van der Waals surface area contributed by atoms with Gasteiger partial charge in [-0.3, -0.25) is 14.3 Å². The number of hydrogen-bond donors (Lipinski definition) is 3. The Morgan fingerprint density at radius 1 is 1.19 bits per heavy atom. The molecule has 0 bridgehead atoms. The number of phenolic OH excluding ortho intramolecular Hbond substituents is 1. The molecule has 0 aliphatic carbocycles. The molecule has 0 fully saturated rings. The van der Waals surface area contributed by atoms with Crippen molar-refractivity contribution in [2.75, 3.05) is 5.75 Å². The van der Waals surface area contributed by atoms with Crippen LogP contribution in [0.1, 0.15) is 27.2 Å². The van der Waals surface area contributed by atoms with Gasteiger partial charge < -0.3 is 10.2 Å². The Labute approximate surface area is 197 Å². The third kappa shape index (κ3) is 5.61. The number of aryl methyl sites for hydroxylation is 1. The lowest BCUT2D eigenvalue weighted by molar-refractivity contribution is -0.133. The molecule has 0 aliphatic rings. The number of carbonyl (C=O) groups excluding carboxylic acids is 1. The Morgan fingerprint density at radius 3 is 2.53 bits per heavy atom. The molecule has 32 heavy (non-hydrogen) atoms. The van der Waals surface area contributed by atoms with Gasteiger partial charge in [0.1, 0.15) is 10.8 Å². The Bertz CT molecular complexity index is 1180. The molecule has 166 valence electrons. The molecule has 0 atom stereocenters. The number of halogens is 2. The van der Waals surface area contributed by atoms with Crippen LogP contribution in [0.2, 0.25) is 10.0 Å². The number of nitrogens with zero attached hydrogens (tertiary/aromatic N) is 3. The summed E-state index contributed by atoms with van der Waals surface area (Å²) in [6, 6.07) is 11.2. The Balaban J connectivity index is 1.89. The van der Waals surface area contributed by atoms with E-state index in [2.05, 4.69) is 15.6 Å². The van der Waals surface area contributed by atoms with Crippen LogP contribution in [0.5, 0.6) is 5.75 Å². The number of benzene rings is 2. The highest BCUT2D eigenvalue weighted by Gasteiger charge is 2.18. The molecule has 0 saturated carbocycles. The number of carboxylic acids is 1. The first-order valence-corrected chi connectivity index (χ1v) is 11.0. The second kappa shape index (κ2) is 10.5. The molecule has 0 radical (unpaired) electrons. The lowest BCUT2D eigenvalue weighted by Crippen LogP contribution is -2.17. The van der Waals surface area contributed by atoms with E-state index in [-0.39, 0.29) is 23.6 Å². The molecule has 8 nitrogen and oxygen atoms in total. The van der Waals surface area contributed by atoms with Crippen LogP contribution in [-0.4, -0.2) is 43.8 Å². The minimum absolute atomic E-state index is 0.0749. The van der Waals surface area contributed by atoms with Crippen molar-refractivity contribution < 1.29 is 19.8 Å². The molecule has 1 amide bonds. The van der Waals surface area contributed by atoms with Crippen LogP contribution >= 0.6 is 35.0 Å². The number of carbonyl (C=O) groups is 2. The third-order valence-corrected chi connectivity index (χ3v) is 6.14. The van der Waals surface area contributed by atoms with Gasteiger partial charge in [-0.1, -0.05) is 53.2 Å². The predicted octanol–water partition coefficient (Wildman–Crippen LogP) is 4.19. The summed E-state index contributed by atoms with van der Waals surface area (Å²) in [5.74, 6) is -1.95. The van der Waals surface area contributed by atoms with E-state index in [9.17, 15) is 14.7 Å². The number of aliphatic carboxylic acids is 1. The van der Waals surface area contributed by atoms with E-state index in [1.807, 2.05) is 0 Å². The summed E-state index contributed by atoms with van der Waals surface area (Å²) in [6.45, 7) is 1.96. The van der Waals surface area contributed by atoms with E-state index >= 15 is 0 Å². The number of rotatable bonds is 8. The molecule has 1 heterocycles. The summed E-state index contributed by atoms with van der Waals surface area (Å²) in [5.41, 5.74) is 4.18. The highest BCUT2D eigenvalue weighted by molar-refractivity contribution is 8.00. The van der Waals surface area contributed by atoms with E-state index in [1.165, 1.54) is 18.3 Å². The number of nitrogens with one attached hydrogen (secondary N) is 1. The fourth-order valence-electron chi connectivity index (χ4n) is 2.83. The first-order valence-electron chi connectivity index (χ1n) is 9.24. The summed E-state index contributed by atoms with van der Waals surface area (Å²) in [4.78, 5) is 23.4. The molecular formula is C21H18Cl2N4O4S. The summed E-state index contributed by atoms with van der Waals surface area (Å²) >= 11 is 13.6. The summed E-state index contributed by atoms with van der Waals surface area (Å²) in [6.07, 6.45) is 1.38. The van der Waals surface area contributed by atoms with Crippen molar-refractivity contribution in [1.29, 1.82) is 0 Å².